The number of nitrogens with zero attached hydrogens (tertiary/aromatic N) is 2. The van der Waals surface area contributed by atoms with Crippen molar-refractivity contribution in [3.8, 4) is 11.5 Å². The number of hydrogen-bond donors (Lipinski definition) is 1. The lowest BCUT2D eigenvalue weighted by molar-refractivity contribution is 0.0953. The second kappa shape index (κ2) is 7.04. The van der Waals surface area contributed by atoms with E-state index in [1.807, 2.05) is 31.2 Å². The van der Waals surface area contributed by atoms with Crippen molar-refractivity contribution >= 4 is 5.91 Å². The van der Waals surface area contributed by atoms with Crippen molar-refractivity contribution in [3.63, 3.8) is 0 Å². The molecule has 0 saturated carbocycles. The maximum atomic E-state index is 12.8. The standard InChI is InChI=1S/C18H16FN3O2/c1-12-2-4-14(5-3-12)18-22-21-16(24-18)10-11-20-17(23)13-6-8-15(19)9-7-13/h2-9H,10-11H2,1H3,(H,20,23). The second-order valence-corrected chi connectivity index (χ2v) is 5.38. The van der Waals surface area contributed by atoms with E-state index in [1.54, 1.807) is 0 Å². The molecule has 1 N–H and O–H groups in total. The van der Waals surface area contributed by atoms with Crippen molar-refractivity contribution < 1.29 is 13.6 Å². The van der Waals surface area contributed by atoms with Gasteiger partial charge in [0.1, 0.15) is 5.82 Å². The molecule has 0 unspecified atom stereocenters. The maximum absolute atomic E-state index is 12.8. The van der Waals surface area contributed by atoms with Gasteiger partial charge in [0.05, 0.1) is 0 Å². The summed E-state index contributed by atoms with van der Waals surface area (Å²) >= 11 is 0. The van der Waals surface area contributed by atoms with Crippen LogP contribution in [0.15, 0.2) is 52.9 Å². The van der Waals surface area contributed by atoms with Gasteiger partial charge in [0.2, 0.25) is 11.8 Å². The van der Waals surface area contributed by atoms with Gasteiger partial charge in [-0.1, -0.05) is 17.7 Å². The van der Waals surface area contributed by atoms with Gasteiger partial charge in [0.15, 0.2) is 0 Å². The number of aromatic nitrogens is 2. The summed E-state index contributed by atoms with van der Waals surface area (Å²) in [4.78, 5) is 11.9. The van der Waals surface area contributed by atoms with Crippen LogP contribution in [0.2, 0.25) is 0 Å². The Hall–Kier alpha value is -3.02. The van der Waals surface area contributed by atoms with Crippen LogP contribution in [0, 0.1) is 12.7 Å². The summed E-state index contributed by atoms with van der Waals surface area (Å²) in [5, 5.41) is 10.7. The quantitative estimate of drug-likeness (QED) is 0.782. The summed E-state index contributed by atoms with van der Waals surface area (Å²) < 4.78 is 18.4. The molecular formula is C18H16FN3O2. The van der Waals surface area contributed by atoms with E-state index in [-0.39, 0.29) is 11.7 Å². The van der Waals surface area contributed by atoms with Gasteiger partial charge >= 0.3 is 0 Å². The average molecular weight is 325 g/mol. The van der Waals surface area contributed by atoms with E-state index in [2.05, 4.69) is 15.5 Å². The van der Waals surface area contributed by atoms with Crippen LogP contribution in [0.25, 0.3) is 11.5 Å². The molecule has 2 aromatic carbocycles. The number of amides is 1. The number of nitrogens with one attached hydrogen (secondary N) is 1. The van der Waals surface area contributed by atoms with Gasteiger partial charge in [-0.15, -0.1) is 10.2 Å². The Morgan fingerprint density at radius 1 is 1.08 bits per heavy atom. The minimum atomic E-state index is -0.374. The molecule has 0 fully saturated rings. The molecule has 1 aromatic heterocycles. The Labute approximate surface area is 138 Å². The van der Waals surface area contributed by atoms with Crippen LogP contribution in [0.3, 0.4) is 0 Å². The molecule has 0 saturated heterocycles. The lowest BCUT2D eigenvalue weighted by Crippen LogP contribution is -2.25. The molecule has 3 aromatic rings. The van der Waals surface area contributed by atoms with E-state index >= 15 is 0 Å². The van der Waals surface area contributed by atoms with E-state index < -0.39 is 0 Å². The Morgan fingerprint density at radius 2 is 1.79 bits per heavy atom. The van der Waals surface area contributed by atoms with E-state index in [0.29, 0.717) is 30.3 Å². The monoisotopic (exact) mass is 325 g/mol. The Balaban J connectivity index is 1.55. The first kappa shape index (κ1) is 15.9. The molecule has 0 atom stereocenters. The molecule has 5 nitrogen and oxygen atoms in total. The van der Waals surface area contributed by atoms with Gasteiger partial charge in [0, 0.05) is 24.1 Å². The molecule has 6 heteroatoms. The number of hydrogen-bond acceptors (Lipinski definition) is 4. The number of carbonyl (C=O) groups excluding carboxylic acids is 1. The zero-order valence-corrected chi connectivity index (χ0v) is 13.1. The first-order valence-corrected chi connectivity index (χ1v) is 7.55. The molecule has 0 aliphatic carbocycles. The molecule has 1 heterocycles. The fraction of sp³-hybridized carbons (Fsp3) is 0.167. The highest BCUT2D eigenvalue weighted by Crippen LogP contribution is 2.18. The fourth-order valence-electron chi connectivity index (χ4n) is 2.15. The third kappa shape index (κ3) is 3.84. The number of halogens is 1. The Kier molecular flexibility index (Phi) is 4.65. The number of rotatable bonds is 5. The van der Waals surface area contributed by atoms with Crippen molar-refractivity contribution in [1.29, 1.82) is 0 Å². The van der Waals surface area contributed by atoms with Gasteiger partial charge < -0.3 is 9.73 Å². The summed E-state index contributed by atoms with van der Waals surface area (Å²) in [7, 11) is 0. The molecule has 1 amide bonds. The smallest absolute Gasteiger partial charge is 0.251 e. The van der Waals surface area contributed by atoms with Crippen LogP contribution >= 0.6 is 0 Å². The number of aryl methyl sites for hydroxylation is 1. The zero-order chi connectivity index (χ0) is 16.9. The van der Waals surface area contributed by atoms with E-state index in [0.717, 1.165) is 11.1 Å². The van der Waals surface area contributed by atoms with Crippen molar-refractivity contribution in [2.45, 2.75) is 13.3 Å². The second-order valence-electron chi connectivity index (χ2n) is 5.38. The minimum Gasteiger partial charge on any atom is -0.421 e. The molecule has 0 radical (unpaired) electrons. The Bertz CT molecular complexity index is 826. The zero-order valence-electron chi connectivity index (χ0n) is 13.1. The van der Waals surface area contributed by atoms with E-state index in [9.17, 15) is 9.18 Å². The highest BCUT2D eigenvalue weighted by molar-refractivity contribution is 5.94. The lowest BCUT2D eigenvalue weighted by atomic mass is 10.1. The number of benzene rings is 2. The van der Waals surface area contributed by atoms with Crippen molar-refractivity contribution in [1.82, 2.24) is 15.5 Å². The van der Waals surface area contributed by atoms with Crippen LogP contribution in [0.1, 0.15) is 21.8 Å². The summed E-state index contributed by atoms with van der Waals surface area (Å²) in [5.41, 5.74) is 2.42. The largest absolute Gasteiger partial charge is 0.421 e. The number of carbonyl (C=O) groups is 1. The summed E-state index contributed by atoms with van der Waals surface area (Å²) in [6.07, 6.45) is 0.422. The molecule has 0 aliphatic rings. The van der Waals surface area contributed by atoms with Gasteiger partial charge in [-0.3, -0.25) is 4.79 Å². The molecule has 122 valence electrons. The van der Waals surface area contributed by atoms with E-state index in [4.69, 9.17) is 4.42 Å². The van der Waals surface area contributed by atoms with Crippen molar-refractivity contribution in [3.05, 3.63) is 71.4 Å². The molecule has 0 spiro atoms. The molecular weight excluding hydrogens is 309 g/mol. The Morgan fingerprint density at radius 3 is 2.50 bits per heavy atom. The average Bonchev–Trinajstić information content (AvgIpc) is 3.05. The van der Waals surface area contributed by atoms with Crippen LogP contribution in [0.5, 0.6) is 0 Å². The topological polar surface area (TPSA) is 68.0 Å². The maximum Gasteiger partial charge on any atom is 0.251 e. The first-order valence-electron chi connectivity index (χ1n) is 7.55. The highest BCUT2D eigenvalue weighted by atomic mass is 19.1. The minimum absolute atomic E-state index is 0.270. The van der Waals surface area contributed by atoms with E-state index in [1.165, 1.54) is 24.3 Å². The predicted molar refractivity (Wildman–Crippen MR) is 86.9 cm³/mol. The lowest BCUT2D eigenvalue weighted by Gasteiger charge is -2.03. The van der Waals surface area contributed by atoms with Gasteiger partial charge in [-0.05, 0) is 43.3 Å². The third-order valence-corrected chi connectivity index (χ3v) is 3.50. The molecule has 24 heavy (non-hydrogen) atoms. The summed E-state index contributed by atoms with van der Waals surface area (Å²) in [6.45, 7) is 2.36. The molecule has 3 rings (SSSR count). The third-order valence-electron chi connectivity index (χ3n) is 3.50. The fourth-order valence-corrected chi connectivity index (χ4v) is 2.15. The van der Waals surface area contributed by atoms with Crippen molar-refractivity contribution in [2.75, 3.05) is 6.54 Å². The van der Waals surface area contributed by atoms with Crippen LogP contribution < -0.4 is 5.32 Å². The summed E-state index contributed by atoms with van der Waals surface area (Å²) in [6, 6.07) is 13.2. The molecule has 0 aliphatic heterocycles. The first-order chi connectivity index (χ1) is 11.6. The van der Waals surface area contributed by atoms with Crippen LogP contribution in [0.4, 0.5) is 4.39 Å². The van der Waals surface area contributed by atoms with Crippen molar-refractivity contribution in [2.24, 2.45) is 0 Å². The van der Waals surface area contributed by atoms with Crippen LogP contribution in [-0.2, 0) is 6.42 Å². The summed E-state index contributed by atoms with van der Waals surface area (Å²) in [5.74, 6) is 0.258. The predicted octanol–water partition coefficient (Wildman–Crippen LogP) is 3.16. The normalized spacial score (nSPS) is 10.6. The highest BCUT2D eigenvalue weighted by Gasteiger charge is 2.10. The SMILES string of the molecule is Cc1ccc(-c2nnc(CCNC(=O)c3ccc(F)cc3)o2)cc1. The van der Waals surface area contributed by atoms with Gasteiger partial charge in [-0.2, -0.15) is 0 Å². The van der Waals surface area contributed by atoms with Gasteiger partial charge in [0.25, 0.3) is 5.91 Å². The van der Waals surface area contributed by atoms with Crippen LogP contribution in [-0.4, -0.2) is 22.6 Å². The van der Waals surface area contributed by atoms with Gasteiger partial charge in [-0.25, -0.2) is 4.39 Å². The molecule has 0 bridgehead atoms.